The highest BCUT2D eigenvalue weighted by molar-refractivity contribution is 6.07. The van der Waals surface area contributed by atoms with E-state index in [0.29, 0.717) is 41.0 Å². The normalized spacial score (nSPS) is 17.0. The van der Waals surface area contributed by atoms with Crippen LogP contribution >= 0.6 is 0 Å². The highest BCUT2D eigenvalue weighted by Crippen LogP contribution is 2.29. The average molecular weight is 351 g/mol. The molecular weight excluding hydrogens is 334 g/mol. The minimum Gasteiger partial charge on any atom is -0.481 e. The molecule has 0 aliphatic carbocycles. The molecule has 132 valence electrons. The summed E-state index contributed by atoms with van der Waals surface area (Å²) in [5.41, 5.74) is 2.82. The van der Waals surface area contributed by atoms with E-state index in [1.54, 1.807) is 17.9 Å². The molecule has 3 aromatic rings. The lowest BCUT2D eigenvalue weighted by molar-refractivity contribution is -0.141. The highest BCUT2D eigenvalue weighted by Gasteiger charge is 2.33. The lowest BCUT2D eigenvalue weighted by atomic mass is 10.0. The number of hydrogen-bond acceptors (Lipinski definition) is 5. The summed E-state index contributed by atoms with van der Waals surface area (Å²) in [6, 6.07) is 11.2. The van der Waals surface area contributed by atoms with Crippen molar-refractivity contribution >= 4 is 23.0 Å². The van der Waals surface area contributed by atoms with Crippen LogP contribution in [-0.4, -0.2) is 45.1 Å². The quantitative estimate of drug-likeness (QED) is 0.779. The van der Waals surface area contributed by atoms with Gasteiger partial charge in [0.05, 0.1) is 28.3 Å². The molecule has 1 aliphatic rings. The van der Waals surface area contributed by atoms with Crippen molar-refractivity contribution in [1.82, 2.24) is 15.0 Å². The van der Waals surface area contributed by atoms with E-state index in [4.69, 9.17) is 4.52 Å². The topological polar surface area (TPSA) is 96.5 Å². The lowest BCUT2D eigenvalue weighted by Gasteiger charge is -2.17. The van der Waals surface area contributed by atoms with Crippen molar-refractivity contribution in [1.29, 1.82) is 0 Å². The third-order valence-electron chi connectivity index (χ3n) is 4.74. The van der Waals surface area contributed by atoms with Gasteiger partial charge >= 0.3 is 5.97 Å². The fraction of sp³-hybridized carbons (Fsp3) is 0.263. The molecular formula is C19H17N3O4. The first-order chi connectivity index (χ1) is 12.5. The van der Waals surface area contributed by atoms with Crippen LogP contribution in [0, 0.1) is 12.8 Å². The number of nitrogens with zero attached hydrogens (tertiary/aromatic N) is 3. The second kappa shape index (κ2) is 6.25. The van der Waals surface area contributed by atoms with E-state index >= 15 is 0 Å². The van der Waals surface area contributed by atoms with E-state index in [2.05, 4.69) is 10.1 Å². The summed E-state index contributed by atoms with van der Waals surface area (Å²) in [6.07, 6.45) is 0.462. The Kier molecular flexibility index (Phi) is 3.91. The van der Waals surface area contributed by atoms with Gasteiger partial charge in [0.2, 0.25) is 0 Å². The number of likely N-dealkylation sites (tertiary alicyclic amines) is 1. The number of aliphatic carboxylic acids is 1. The number of carboxylic acid groups (broad SMARTS) is 1. The van der Waals surface area contributed by atoms with Crippen LogP contribution in [-0.2, 0) is 4.79 Å². The fourth-order valence-corrected chi connectivity index (χ4v) is 3.34. The molecule has 7 heteroatoms. The third-order valence-corrected chi connectivity index (χ3v) is 4.74. The molecule has 1 fully saturated rings. The zero-order valence-electron chi connectivity index (χ0n) is 14.2. The molecule has 1 aromatic carbocycles. The Labute approximate surface area is 149 Å². The van der Waals surface area contributed by atoms with Gasteiger partial charge in [-0.05, 0) is 19.4 Å². The molecule has 1 N–H and O–H groups in total. The van der Waals surface area contributed by atoms with Gasteiger partial charge in [0.1, 0.15) is 0 Å². The Morgan fingerprint density at radius 1 is 1.27 bits per heavy atom. The minimum atomic E-state index is -0.869. The average Bonchev–Trinajstić information content (AvgIpc) is 3.29. The number of fused-ring (bicyclic) bond motifs is 1. The van der Waals surface area contributed by atoms with Crippen LogP contribution in [0.4, 0.5) is 0 Å². The van der Waals surface area contributed by atoms with Crippen molar-refractivity contribution < 1.29 is 19.2 Å². The number of carbonyl (C=O) groups is 2. The van der Waals surface area contributed by atoms with Gasteiger partial charge in [-0.3, -0.25) is 9.59 Å². The smallest absolute Gasteiger partial charge is 0.308 e. The molecule has 0 bridgehead atoms. The second-order valence-electron chi connectivity index (χ2n) is 6.44. The number of benzene rings is 1. The molecule has 7 nitrogen and oxygen atoms in total. The van der Waals surface area contributed by atoms with Gasteiger partial charge in [-0.15, -0.1) is 0 Å². The van der Waals surface area contributed by atoms with Crippen LogP contribution in [0.1, 0.15) is 22.5 Å². The van der Waals surface area contributed by atoms with Gasteiger partial charge in [-0.2, -0.15) is 0 Å². The predicted octanol–water partition coefficient (Wildman–Crippen LogP) is 2.74. The van der Waals surface area contributed by atoms with E-state index in [9.17, 15) is 14.7 Å². The standard InChI is InChI=1S/C19H17N3O4/c1-11-16-14(18(23)22-8-7-13(10-22)19(24)25)9-15(20-17(16)26-21-11)12-5-3-2-4-6-12/h2-6,9,13H,7-8,10H2,1H3,(H,24,25)/t13-/m0/s1. The zero-order valence-corrected chi connectivity index (χ0v) is 14.2. The molecule has 2 aromatic heterocycles. The maximum absolute atomic E-state index is 13.1. The number of carboxylic acids is 1. The summed E-state index contributed by atoms with van der Waals surface area (Å²) in [6.45, 7) is 2.39. The monoisotopic (exact) mass is 351 g/mol. The molecule has 0 saturated carbocycles. The SMILES string of the molecule is Cc1noc2nc(-c3ccccc3)cc(C(=O)N3CC[C@H](C(=O)O)C3)c12. The van der Waals surface area contributed by atoms with Crippen LogP contribution < -0.4 is 0 Å². The minimum absolute atomic E-state index is 0.211. The lowest BCUT2D eigenvalue weighted by Crippen LogP contribution is -2.30. The Balaban J connectivity index is 1.79. The van der Waals surface area contributed by atoms with Crippen molar-refractivity contribution in [3.05, 3.63) is 47.7 Å². The van der Waals surface area contributed by atoms with Crippen molar-refractivity contribution in [2.24, 2.45) is 5.92 Å². The summed E-state index contributed by atoms with van der Waals surface area (Å²) in [7, 11) is 0. The number of carbonyl (C=O) groups excluding carboxylic acids is 1. The highest BCUT2D eigenvalue weighted by atomic mass is 16.5. The van der Waals surface area contributed by atoms with Gasteiger partial charge in [0, 0.05) is 18.7 Å². The molecule has 1 amide bonds. The van der Waals surface area contributed by atoms with Gasteiger partial charge in [0.15, 0.2) is 0 Å². The van der Waals surface area contributed by atoms with Crippen LogP contribution in [0.3, 0.4) is 0 Å². The summed E-state index contributed by atoms with van der Waals surface area (Å²) < 4.78 is 5.30. The predicted molar refractivity (Wildman–Crippen MR) is 93.6 cm³/mol. The Morgan fingerprint density at radius 2 is 2.04 bits per heavy atom. The van der Waals surface area contributed by atoms with Gasteiger partial charge in [-0.1, -0.05) is 35.5 Å². The van der Waals surface area contributed by atoms with Crippen LogP contribution in [0.2, 0.25) is 0 Å². The molecule has 3 heterocycles. The number of hydrogen-bond donors (Lipinski definition) is 1. The number of pyridine rings is 1. The van der Waals surface area contributed by atoms with E-state index in [1.165, 1.54) is 0 Å². The zero-order chi connectivity index (χ0) is 18.3. The Hall–Kier alpha value is -3.22. The molecule has 0 spiro atoms. The molecule has 1 saturated heterocycles. The summed E-state index contributed by atoms with van der Waals surface area (Å²) >= 11 is 0. The summed E-state index contributed by atoms with van der Waals surface area (Å²) in [5.74, 6) is -1.61. The first-order valence-corrected chi connectivity index (χ1v) is 8.39. The Bertz CT molecular complexity index is 997. The van der Waals surface area contributed by atoms with E-state index in [0.717, 1.165) is 5.56 Å². The number of aryl methyl sites for hydroxylation is 1. The number of amides is 1. The van der Waals surface area contributed by atoms with Crippen molar-refractivity contribution in [3.63, 3.8) is 0 Å². The first kappa shape index (κ1) is 16.3. The van der Waals surface area contributed by atoms with Gasteiger partial charge in [-0.25, -0.2) is 4.98 Å². The van der Waals surface area contributed by atoms with Gasteiger partial charge in [0.25, 0.3) is 11.6 Å². The second-order valence-corrected chi connectivity index (χ2v) is 6.44. The van der Waals surface area contributed by atoms with E-state index in [-0.39, 0.29) is 12.5 Å². The van der Waals surface area contributed by atoms with Crippen molar-refractivity contribution in [2.75, 3.05) is 13.1 Å². The van der Waals surface area contributed by atoms with Crippen molar-refractivity contribution in [2.45, 2.75) is 13.3 Å². The molecule has 1 aliphatic heterocycles. The van der Waals surface area contributed by atoms with Crippen molar-refractivity contribution in [3.8, 4) is 11.3 Å². The van der Waals surface area contributed by atoms with Crippen LogP contribution in [0.15, 0.2) is 40.9 Å². The number of rotatable bonds is 3. The van der Waals surface area contributed by atoms with Crippen LogP contribution in [0.5, 0.6) is 0 Å². The van der Waals surface area contributed by atoms with Crippen LogP contribution in [0.25, 0.3) is 22.4 Å². The van der Waals surface area contributed by atoms with E-state index in [1.807, 2.05) is 30.3 Å². The summed E-state index contributed by atoms with van der Waals surface area (Å²) in [4.78, 5) is 30.4. The fourth-order valence-electron chi connectivity index (χ4n) is 3.34. The third kappa shape index (κ3) is 2.71. The molecule has 4 rings (SSSR count). The Morgan fingerprint density at radius 3 is 2.73 bits per heavy atom. The number of aromatic nitrogens is 2. The largest absolute Gasteiger partial charge is 0.481 e. The molecule has 0 unspecified atom stereocenters. The summed E-state index contributed by atoms with van der Waals surface area (Å²) in [5, 5.41) is 13.7. The van der Waals surface area contributed by atoms with Gasteiger partial charge < -0.3 is 14.5 Å². The maximum atomic E-state index is 13.1. The first-order valence-electron chi connectivity index (χ1n) is 8.39. The molecule has 0 radical (unpaired) electrons. The van der Waals surface area contributed by atoms with E-state index < -0.39 is 11.9 Å². The molecule has 1 atom stereocenters. The molecule has 26 heavy (non-hydrogen) atoms. The maximum Gasteiger partial charge on any atom is 0.308 e.